The molecule has 0 bridgehead atoms. The zero-order valence-corrected chi connectivity index (χ0v) is 17.0. The summed E-state index contributed by atoms with van der Waals surface area (Å²) in [6.45, 7) is 8.41. The Bertz CT molecular complexity index is 1190. The molecule has 0 atom stereocenters. The lowest BCUT2D eigenvalue weighted by atomic mass is 10.2. The van der Waals surface area contributed by atoms with E-state index in [1.165, 1.54) is 5.56 Å². The van der Waals surface area contributed by atoms with Crippen molar-refractivity contribution >= 4 is 10.9 Å². The van der Waals surface area contributed by atoms with Crippen molar-refractivity contribution in [1.29, 1.82) is 0 Å². The van der Waals surface area contributed by atoms with Crippen LogP contribution in [0.1, 0.15) is 29.7 Å². The van der Waals surface area contributed by atoms with Crippen LogP contribution in [0.3, 0.4) is 0 Å². The topological polar surface area (TPSA) is 66.8 Å². The molecule has 0 aliphatic heterocycles. The highest BCUT2D eigenvalue weighted by molar-refractivity contribution is 5.77. The number of nitrogens with zero attached hydrogens (tertiary/aromatic N) is 4. The van der Waals surface area contributed by atoms with Gasteiger partial charge in [-0.05, 0) is 56.3 Å². The fraction of sp³-hybridized carbons (Fsp3) is 0.261. The molecule has 0 unspecified atom stereocenters. The van der Waals surface area contributed by atoms with Gasteiger partial charge in [0.15, 0.2) is 0 Å². The van der Waals surface area contributed by atoms with Gasteiger partial charge in [0.25, 0.3) is 5.56 Å². The summed E-state index contributed by atoms with van der Waals surface area (Å²) in [6, 6.07) is 18.0. The van der Waals surface area contributed by atoms with E-state index in [2.05, 4.69) is 64.1 Å². The van der Waals surface area contributed by atoms with E-state index in [0.29, 0.717) is 17.8 Å². The van der Waals surface area contributed by atoms with Gasteiger partial charge in [-0.1, -0.05) is 31.2 Å². The molecule has 0 aliphatic carbocycles. The summed E-state index contributed by atoms with van der Waals surface area (Å²) in [7, 11) is 0. The third-order valence-electron chi connectivity index (χ3n) is 5.08. The van der Waals surface area contributed by atoms with E-state index in [4.69, 9.17) is 0 Å². The number of hydrogen-bond acceptors (Lipinski definition) is 4. The fourth-order valence-corrected chi connectivity index (χ4v) is 3.59. The van der Waals surface area contributed by atoms with E-state index in [1.807, 2.05) is 29.8 Å². The van der Waals surface area contributed by atoms with Crippen LogP contribution in [0, 0.1) is 13.8 Å². The standard InChI is InChI=1S/C23H25N5O/c1-4-27(15-22-24-21-8-6-5-7-20(21)23(29)25-22)14-18-9-11-19(12-10-18)28-17(3)13-16(2)26-28/h5-13H,4,14-15H2,1-3H3,(H,24,25,29). The maximum atomic E-state index is 12.3. The molecule has 29 heavy (non-hydrogen) atoms. The molecule has 148 valence electrons. The van der Waals surface area contributed by atoms with E-state index < -0.39 is 0 Å². The minimum Gasteiger partial charge on any atom is -0.309 e. The van der Waals surface area contributed by atoms with Crippen LogP contribution in [0.2, 0.25) is 0 Å². The summed E-state index contributed by atoms with van der Waals surface area (Å²) in [4.78, 5) is 22.1. The van der Waals surface area contributed by atoms with Gasteiger partial charge in [-0.15, -0.1) is 0 Å². The number of hydrogen-bond donors (Lipinski definition) is 1. The van der Waals surface area contributed by atoms with E-state index >= 15 is 0 Å². The molecule has 2 aromatic carbocycles. The van der Waals surface area contributed by atoms with Crippen LogP contribution in [-0.2, 0) is 13.1 Å². The smallest absolute Gasteiger partial charge is 0.258 e. The Kier molecular flexibility index (Phi) is 5.27. The third kappa shape index (κ3) is 4.12. The monoisotopic (exact) mass is 387 g/mol. The molecule has 6 heteroatoms. The average molecular weight is 387 g/mol. The molecule has 4 rings (SSSR count). The van der Waals surface area contributed by atoms with Gasteiger partial charge in [0.2, 0.25) is 0 Å². The van der Waals surface area contributed by atoms with Crippen molar-refractivity contribution in [2.75, 3.05) is 6.54 Å². The van der Waals surface area contributed by atoms with Crippen molar-refractivity contribution in [2.24, 2.45) is 0 Å². The maximum absolute atomic E-state index is 12.3. The Hall–Kier alpha value is -3.25. The zero-order chi connectivity index (χ0) is 20.4. The highest BCUT2D eigenvalue weighted by atomic mass is 16.1. The highest BCUT2D eigenvalue weighted by Gasteiger charge is 2.10. The first-order valence-corrected chi connectivity index (χ1v) is 9.86. The van der Waals surface area contributed by atoms with Gasteiger partial charge >= 0.3 is 0 Å². The Labute approximate surface area is 169 Å². The molecule has 0 amide bonds. The maximum Gasteiger partial charge on any atom is 0.258 e. The van der Waals surface area contributed by atoms with Gasteiger partial charge in [0, 0.05) is 12.2 Å². The lowest BCUT2D eigenvalue weighted by Gasteiger charge is -2.20. The second kappa shape index (κ2) is 8.01. The largest absolute Gasteiger partial charge is 0.309 e. The van der Waals surface area contributed by atoms with Crippen molar-refractivity contribution in [1.82, 2.24) is 24.6 Å². The first-order chi connectivity index (χ1) is 14.0. The summed E-state index contributed by atoms with van der Waals surface area (Å²) in [5.74, 6) is 0.690. The lowest BCUT2D eigenvalue weighted by molar-refractivity contribution is 0.264. The molecule has 0 aliphatic rings. The molecule has 2 aromatic heterocycles. The van der Waals surface area contributed by atoms with Crippen molar-refractivity contribution in [3.8, 4) is 5.69 Å². The van der Waals surface area contributed by atoms with Crippen LogP contribution < -0.4 is 5.56 Å². The number of fused-ring (bicyclic) bond motifs is 1. The van der Waals surface area contributed by atoms with Crippen LogP contribution in [0.5, 0.6) is 0 Å². The number of para-hydroxylation sites is 1. The van der Waals surface area contributed by atoms with Gasteiger partial charge in [0.05, 0.1) is 28.8 Å². The van der Waals surface area contributed by atoms with E-state index in [-0.39, 0.29) is 5.56 Å². The van der Waals surface area contributed by atoms with Gasteiger partial charge in [0.1, 0.15) is 5.82 Å². The number of benzene rings is 2. The molecule has 2 heterocycles. The van der Waals surface area contributed by atoms with Crippen molar-refractivity contribution < 1.29 is 0 Å². The van der Waals surface area contributed by atoms with Gasteiger partial charge in [-0.25, -0.2) is 9.67 Å². The first-order valence-electron chi connectivity index (χ1n) is 9.86. The van der Waals surface area contributed by atoms with Crippen LogP contribution in [-0.4, -0.2) is 31.2 Å². The summed E-state index contributed by atoms with van der Waals surface area (Å²) in [5.41, 5.74) is 5.05. The van der Waals surface area contributed by atoms with Crippen molar-refractivity contribution in [2.45, 2.75) is 33.9 Å². The lowest BCUT2D eigenvalue weighted by Crippen LogP contribution is -2.25. The minimum absolute atomic E-state index is 0.0871. The number of aryl methyl sites for hydroxylation is 2. The third-order valence-corrected chi connectivity index (χ3v) is 5.08. The molecular formula is C23H25N5O. The van der Waals surface area contributed by atoms with Crippen molar-refractivity contribution in [3.63, 3.8) is 0 Å². The first kappa shape index (κ1) is 19.1. The van der Waals surface area contributed by atoms with E-state index in [9.17, 15) is 4.79 Å². The average Bonchev–Trinajstić information content (AvgIpc) is 3.06. The molecule has 0 saturated carbocycles. The minimum atomic E-state index is -0.0871. The Morgan fingerprint density at radius 3 is 2.48 bits per heavy atom. The second-order valence-corrected chi connectivity index (χ2v) is 7.34. The van der Waals surface area contributed by atoms with Gasteiger partial charge in [-0.2, -0.15) is 5.10 Å². The molecule has 4 aromatic rings. The van der Waals surface area contributed by atoms with Gasteiger partial charge < -0.3 is 4.98 Å². The summed E-state index contributed by atoms with van der Waals surface area (Å²) in [6.07, 6.45) is 0. The van der Waals surface area contributed by atoms with Crippen molar-refractivity contribution in [3.05, 3.63) is 87.7 Å². The van der Waals surface area contributed by atoms with Crippen LogP contribution in [0.25, 0.3) is 16.6 Å². The number of aromatic amines is 1. The number of H-pyrrole nitrogens is 1. The molecule has 0 radical (unpaired) electrons. The number of rotatable bonds is 6. The van der Waals surface area contributed by atoms with Crippen LogP contribution in [0.4, 0.5) is 0 Å². The zero-order valence-electron chi connectivity index (χ0n) is 17.0. The molecule has 6 nitrogen and oxygen atoms in total. The fourth-order valence-electron chi connectivity index (χ4n) is 3.59. The second-order valence-electron chi connectivity index (χ2n) is 7.34. The quantitative estimate of drug-likeness (QED) is 0.547. The predicted octanol–water partition coefficient (Wildman–Crippen LogP) is 3.75. The molecular weight excluding hydrogens is 362 g/mol. The Morgan fingerprint density at radius 2 is 1.79 bits per heavy atom. The summed E-state index contributed by atoms with van der Waals surface area (Å²) < 4.78 is 1.96. The van der Waals surface area contributed by atoms with E-state index in [1.54, 1.807) is 6.07 Å². The molecule has 0 fully saturated rings. The predicted molar refractivity (Wildman–Crippen MR) is 115 cm³/mol. The van der Waals surface area contributed by atoms with Crippen LogP contribution in [0.15, 0.2) is 59.4 Å². The normalized spacial score (nSPS) is 11.4. The Balaban J connectivity index is 1.50. The van der Waals surface area contributed by atoms with Gasteiger partial charge in [-0.3, -0.25) is 9.69 Å². The van der Waals surface area contributed by atoms with Crippen LogP contribution >= 0.6 is 0 Å². The molecule has 1 N–H and O–H groups in total. The van der Waals surface area contributed by atoms with E-state index in [0.717, 1.165) is 35.7 Å². The molecule has 0 spiro atoms. The summed E-state index contributed by atoms with van der Waals surface area (Å²) >= 11 is 0. The number of aromatic nitrogens is 4. The highest BCUT2D eigenvalue weighted by Crippen LogP contribution is 2.15. The number of nitrogens with one attached hydrogen (secondary N) is 1. The molecule has 0 saturated heterocycles. The SMILES string of the molecule is CCN(Cc1ccc(-n2nc(C)cc2C)cc1)Cc1nc2ccccc2c(=O)[nH]1. The Morgan fingerprint density at radius 1 is 1.03 bits per heavy atom. The summed E-state index contributed by atoms with van der Waals surface area (Å²) in [5, 5.41) is 5.16.